The quantitative estimate of drug-likeness (QED) is 0.200. The SMILES string of the molecule is CCCCOC(C)(C1CCO1)C(OCC)(C(CCC)C1([SiH3])CCO1)C(C)(OCCCC)C1CCO1. The average Bonchev–Trinajstić information content (AvgIpc) is 2.72. The topological polar surface area (TPSA) is 55.4 Å². The molecule has 3 aliphatic rings. The second-order valence-electron chi connectivity index (χ2n) is 11.3. The second kappa shape index (κ2) is 12.7. The fraction of sp³-hybridized carbons (Fsp3) is 1.00. The van der Waals surface area contributed by atoms with Gasteiger partial charge in [0.25, 0.3) is 0 Å². The highest BCUT2D eigenvalue weighted by molar-refractivity contribution is 6.15. The molecular formula is C28H54O6Si. The van der Waals surface area contributed by atoms with Crippen molar-refractivity contribution in [3.63, 3.8) is 0 Å². The van der Waals surface area contributed by atoms with Crippen molar-refractivity contribution in [3.8, 4) is 0 Å². The smallest absolute Gasteiger partial charge is 0.135 e. The van der Waals surface area contributed by atoms with Crippen molar-refractivity contribution in [1.29, 1.82) is 0 Å². The van der Waals surface area contributed by atoms with E-state index in [1.807, 2.05) is 0 Å². The van der Waals surface area contributed by atoms with Crippen LogP contribution in [0.4, 0.5) is 0 Å². The summed E-state index contributed by atoms with van der Waals surface area (Å²) in [6.07, 6.45) is 9.21. The monoisotopic (exact) mass is 514 g/mol. The van der Waals surface area contributed by atoms with Crippen LogP contribution in [0.1, 0.15) is 99.3 Å². The van der Waals surface area contributed by atoms with Gasteiger partial charge in [-0.25, -0.2) is 0 Å². The summed E-state index contributed by atoms with van der Waals surface area (Å²) in [4.78, 5) is 0. The second-order valence-corrected chi connectivity index (χ2v) is 13.0. The van der Waals surface area contributed by atoms with Gasteiger partial charge in [0.2, 0.25) is 0 Å². The molecule has 3 rings (SSSR count). The fourth-order valence-electron chi connectivity index (χ4n) is 6.80. The molecule has 6 nitrogen and oxygen atoms in total. The summed E-state index contributed by atoms with van der Waals surface area (Å²) in [6, 6.07) is 0. The molecule has 0 bridgehead atoms. The standard InChI is InChI=1S/C28H54O6Si/c1-7-11-17-32-25(5,23-14-19-29-23)28(31-10-4,22(13-9-3)27(35)16-21-34-27)26(6,24-15-20-30-24)33-18-12-8-2/h22-24H,7-21H2,1-6,35H3. The van der Waals surface area contributed by atoms with Gasteiger partial charge in [-0.2, -0.15) is 0 Å². The minimum atomic E-state index is -0.773. The minimum absolute atomic E-state index is 0.0372. The Morgan fingerprint density at radius 1 is 0.829 bits per heavy atom. The molecule has 3 aliphatic heterocycles. The van der Waals surface area contributed by atoms with Crippen molar-refractivity contribution in [1.82, 2.24) is 0 Å². The number of hydrogen-bond acceptors (Lipinski definition) is 6. The van der Waals surface area contributed by atoms with Gasteiger partial charge in [0, 0.05) is 55.8 Å². The van der Waals surface area contributed by atoms with Gasteiger partial charge < -0.3 is 28.4 Å². The molecule has 0 radical (unpaired) electrons. The van der Waals surface area contributed by atoms with Crippen molar-refractivity contribution in [3.05, 3.63) is 0 Å². The zero-order valence-electron chi connectivity index (χ0n) is 23.8. The Labute approximate surface area is 217 Å². The molecule has 3 heterocycles. The largest absolute Gasteiger partial charge is 0.379 e. The first-order valence-corrected chi connectivity index (χ1v) is 15.6. The fourth-order valence-corrected chi connectivity index (χ4v) is 7.91. The molecule has 0 aromatic heterocycles. The summed E-state index contributed by atoms with van der Waals surface area (Å²) in [5, 5.41) is -0.163. The van der Waals surface area contributed by atoms with Crippen molar-refractivity contribution >= 4 is 10.2 Å². The molecule has 35 heavy (non-hydrogen) atoms. The van der Waals surface area contributed by atoms with Gasteiger partial charge in [-0.05, 0) is 59.3 Å². The summed E-state index contributed by atoms with van der Waals surface area (Å²) in [6.45, 7) is 17.7. The van der Waals surface area contributed by atoms with Crippen LogP contribution < -0.4 is 0 Å². The molecule has 7 heteroatoms. The lowest BCUT2D eigenvalue weighted by molar-refractivity contribution is -0.381. The third-order valence-corrected chi connectivity index (χ3v) is 10.6. The van der Waals surface area contributed by atoms with Crippen molar-refractivity contribution in [2.45, 2.75) is 134 Å². The minimum Gasteiger partial charge on any atom is -0.379 e. The van der Waals surface area contributed by atoms with Crippen LogP contribution in [0.25, 0.3) is 0 Å². The number of ether oxygens (including phenoxy) is 6. The van der Waals surface area contributed by atoms with E-state index in [9.17, 15) is 0 Å². The highest BCUT2D eigenvalue weighted by Crippen LogP contribution is 2.58. The first kappa shape index (κ1) is 29.5. The van der Waals surface area contributed by atoms with Crippen molar-refractivity contribution in [2.24, 2.45) is 5.92 Å². The molecule has 0 aromatic rings. The summed E-state index contributed by atoms with van der Waals surface area (Å²) in [5.74, 6) is 0.131. The molecule has 0 aromatic carbocycles. The maximum absolute atomic E-state index is 7.20. The van der Waals surface area contributed by atoms with Crippen molar-refractivity contribution < 1.29 is 28.4 Å². The number of unbranched alkanes of at least 4 members (excludes halogenated alkanes) is 2. The van der Waals surface area contributed by atoms with E-state index in [-0.39, 0.29) is 23.4 Å². The van der Waals surface area contributed by atoms with Gasteiger partial charge in [-0.1, -0.05) is 40.0 Å². The van der Waals surface area contributed by atoms with Crippen LogP contribution in [0, 0.1) is 5.92 Å². The zero-order chi connectivity index (χ0) is 25.6. The van der Waals surface area contributed by atoms with Crippen LogP contribution in [0.3, 0.4) is 0 Å². The van der Waals surface area contributed by atoms with E-state index in [4.69, 9.17) is 28.4 Å². The van der Waals surface area contributed by atoms with Crippen LogP contribution in [0.2, 0.25) is 0 Å². The maximum atomic E-state index is 7.20. The Morgan fingerprint density at radius 3 is 1.60 bits per heavy atom. The van der Waals surface area contributed by atoms with Crippen LogP contribution in [0.15, 0.2) is 0 Å². The third kappa shape index (κ3) is 5.30. The van der Waals surface area contributed by atoms with Gasteiger partial charge in [-0.3, -0.25) is 0 Å². The predicted molar refractivity (Wildman–Crippen MR) is 143 cm³/mol. The van der Waals surface area contributed by atoms with E-state index >= 15 is 0 Å². The van der Waals surface area contributed by atoms with Crippen LogP contribution in [-0.4, -0.2) is 84.1 Å². The summed E-state index contributed by atoms with van der Waals surface area (Å²) < 4.78 is 40.3. The van der Waals surface area contributed by atoms with Gasteiger partial charge in [0.05, 0.1) is 17.4 Å². The first-order valence-electron chi connectivity index (χ1n) is 14.6. The Kier molecular flexibility index (Phi) is 10.7. The van der Waals surface area contributed by atoms with Gasteiger partial charge in [0.1, 0.15) is 16.8 Å². The average molecular weight is 515 g/mol. The molecular weight excluding hydrogens is 460 g/mol. The Hall–Kier alpha value is -0.0231. The summed E-state index contributed by atoms with van der Waals surface area (Å²) in [7, 11) is 0.936. The molecule has 6 unspecified atom stereocenters. The molecule has 6 atom stereocenters. The van der Waals surface area contributed by atoms with Crippen molar-refractivity contribution in [2.75, 3.05) is 39.6 Å². The molecule has 0 spiro atoms. The Balaban J connectivity index is 2.23. The lowest BCUT2D eigenvalue weighted by Crippen LogP contribution is -2.83. The van der Waals surface area contributed by atoms with Gasteiger partial charge in [-0.15, -0.1) is 0 Å². The van der Waals surface area contributed by atoms with Gasteiger partial charge >= 0.3 is 0 Å². The van der Waals surface area contributed by atoms with Crippen LogP contribution in [0.5, 0.6) is 0 Å². The van der Waals surface area contributed by atoms with E-state index in [0.29, 0.717) is 19.8 Å². The van der Waals surface area contributed by atoms with Crippen LogP contribution in [-0.2, 0) is 28.4 Å². The molecule has 3 saturated heterocycles. The van der Waals surface area contributed by atoms with Gasteiger partial charge in [0.15, 0.2) is 0 Å². The molecule has 0 aliphatic carbocycles. The normalized spacial score (nSPS) is 32.4. The summed E-state index contributed by atoms with van der Waals surface area (Å²) >= 11 is 0. The molecule has 0 amide bonds. The van der Waals surface area contributed by atoms with E-state index in [2.05, 4.69) is 41.5 Å². The highest BCUT2D eigenvalue weighted by Gasteiger charge is 2.74. The predicted octanol–water partition coefficient (Wildman–Crippen LogP) is 4.39. The lowest BCUT2D eigenvalue weighted by atomic mass is 9.56. The van der Waals surface area contributed by atoms with Crippen LogP contribution >= 0.6 is 0 Å². The molecule has 3 fully saturated rings. The molecule has 0 N–H and O–H groups in total. The van der Waals surface area contributed by atoms with E-state index < -0.39 is 16.8 Å². The number of rotatable bonds is 18. The lowest BCUT2D eigenvalue weighted by Gasteiger charge is -2.68. The molecule has 0 saturated carbocycles. The van der Waals surface area contributed by atoms with E-state index in [1.165, 1.54) is 0 Å². The van der Waals surface area contributed by atoms with E-state index in [0.717, 1.165) is 87.9 Å². The highest BCUT2D eigenvalue weighted by atomic mass is 28.1. The Morgan fingerprint density at radius 2 is 1.31 bits per heavy atom. The molecule has 206 valence electrons. The third-order valence-electron chi connectivity index (χ3n) is 9.11. The summed E-state index contributed by atoms with van der Waals surface area (Å²) in [5.41, 5.74) is -2.15. The maximum Gasteiger partial charge on any atom is 0.135 e. The Bertz CT molecular complexity index is 601. The number of hydrogen-bond donors (Lipinski definition) is 0. The zero-order valence-corrected chi connectivity index (χ0v) is 25.8. The van der Waals surface area contributed by atoms with E-state index in [1.54, 1.807) is 0 Å². The first-order chi connectivity index (χ1) is 16.8.